The molecule has 0 fully saturated rings. The van der Waals surface area contributed by atoms with Gasteiger partial charge in [0, 0.05) is 18.1 Å². The maximum Gasteiger partial charge on any atom is 0.193 e. The number of benzene rings is 1. The molecule has 0 unspecified atom stereocenters. The zero-order valence-electron chi connectivity index (χ0n) is 9.14. The second-order valence-electron chi connectivity index (χ2n) is 3.37. The van der Waals surface area contributed by atoms with E-state index in [1.54, 1.807) is 6.20 Å². The first-order valence-corrected chi connectivity index (χ1v) is 5.22. The summed E-state index contributed by atoms with van der Waals surface area (Å²) in [6.45, 7) is 2.60. The third kappa shape index (κ3) is 2.11. The van der Waals surface area contributed by atoms with Crippen molar-refractivity contribution < 1.29 is 0 Å². The van der Waals surface area contributed by atoms with Gasteiger partial charge in [0.25, 0.3) is 0 Å². The molecule has 2 rings (SSSR count). The van der Waals surface area contributed by atoms with Crippen LogP contribution in [0.5, 0.6) is 0 Å². The monoisotopic (exact) mass is 214 g/mol. The van der Waals surface area contributed by atoms with Gasteiger partial charge < -0.3 is 11.1 Å². The lowest BCUT2D eigenvalue weighted by Crippen LogP contribution is -2.22. The first-order valence-electron chi connectivity index (χ1n) is 5.22. The Morgan fingerprint density at radius 3 is 3.00 bits per heavy atom. The minimum atomic E-state index is 0.417. The Bertz CT molecular complexity index is 514. The molecule has 1 aromatic heterocycles. The summed E-state index contributed by atoms with van der Waals surface area (Å²) in [5.74, 6) is 0.417. The standard InChI is InChI=1S/C12H14N4/c1-2-14-12(13)16-10-7-3-5-9-6-4-8-15-11(9)10/h3-8H,2H2,1H3,(H3,13,14,16). The van der Waals surface area contributed by atoms with E-state index >= 15 is 0 Å². The molecule has 4 nitrogen and oxygen atoms in total. The molecule has 3 N–H and O–H groups in total. The number of pyridine rings is 1. The highest BCUT2D eigenvalue weighted by atomic mass is 15.1. The highest BCUT2D eigenvalue weighted by Gasteiger charge is 2.01. The summed E-state index contributed by atoms with van der Waals surface area (Å²) in [5.41, 5.74) is 7.50. The Kier molecular flexibility index (Phi) is 3.00. The number of nitrogens with zero attached hydrogens (tertiary/aromatic N) is 2. The summed E-state index contributed by atoms with van der Waals surface area (Å²) in [5, 5.41) is 4.13. The first-order chi connectivity index (χ1) is 7.81. The highest BCUT2D eigenvalue weighted by Crippen LogP contribution is 2.20. The van der Waals surface area contributed by atoms with Crippen molar-refractivity contribution in [3.05, 3.63) is 36.5 Å². The molecule has 1 aromatic carbocycles. The van der Waals surface area contributed by atoms with Crippen LogP contribution in [-0.4, -0.2) is 17.5 Å². The van der Waals surface area contributed by atoms with Crippen LogP contribution >= 0.6 is 0 Å². The van der Waals surface area contributed by atoms with Crippen molar-refractivity contribution in [2.45, 2.75) is 6.92 Å². The lowest BCUT2D eigenvalue weighted by atomic mass is 10.2. The van der Waals surface area contributed by atoms with E-state index in [1.165, 1.54) is 0 Å². The maximum atomic E-state index is 5.72. The first kappa shape index (κ1) is 10.4. The Morgan fingerprint density at radius 2 is 2.19 bits per heavy atom. The third-order valence-corrected chi connectivity index (χ3v) is 2.22. The van der Waals surface area contributed by atoms with Crippen molar-refractivity contribution in [3.8, 4) is 0 Å². The van der Waals surface area contributed by atoms with Gasteiger partial charge in [0.2, 0.25) is 0 Å². The fourth-order valence-corrected chi connectivity index (χ4v) is 1.55. The van der Waals surface area contributed by atoms with Crippen LogP contribution in [0.15, 0.2) is 41.5 Å². The van der Waals surface area contributed by atoms with E-state index in [-0.39, 0.29) is 0 Å². The molecule has 0 saturated heterocycles. The quantitative estimate of drug-likeness (QED) is 0.593. The van der Waals surface area contributed by atoms with Crippen molar-refractivity contribution in [1.29, 1.82) is 0 Å². The molecule has 1 heterocycles. The summed E-state index contributed by atoms with van der Waals surface area (Å²) in [6, 6.07) is 9.84. The summed E-state index contributed by atoms with van der Waals surface area (Å²) in [7, 11) is 0. The average Bonchev–Trinajstić information content (AvgIpc) is 2.30. The molecular weight excluding hydrogens is 200 g/mol. The van der Waals surface area contributed by atoms with Gasteiger partial charge in [0.05, 0.1) is 11.2 Å². The van der Waals surface area contributed by atoms with Gasteiger partial charge in [-0.1, -0.05) is 18.2 Å². The topological polar surface area (TPSA) is 63.3 Å². The number of rotatable bonds is 2. The molecule has 0 amide bonds. The SMILES string of the molecule is CCN=C(N)Nc1cccc2cccnc12. The molecule has 0 radical (unpaired) electrons. The van der Waals surface area contributed by atoms with Gasteiger partial charge in [-0.25, -0.2) is 0 Å². The van der Waals surface area contributed by atoms with Gasteiger partial charge in [-0.3, -0.25) is 9.98 Å². The van der Waals surface area contributed by atoms with Crippen LogP contribution in [0.2, 0.25) is 0 Å². The normalized spacial score (nSPS) is 11.7. The van der Waals surface area contributed by atoms with Crippen molar-refractivity contribution in [2.75, 3.05) is 11.9 Å². The molecule has 2 aromatic rings. The summed E-state index contributed by atoms with van der Waals surface area (Å²) >= 11 is 0. The molecule has 0 atom stereocenters. The number of aliphatic imine (C=N–C) groups is 1. The molecule has 16 heavy (non-hydrogen) atoms. The van der Waals surface area contributed by atoms with Gasteiger partial charge in [-0.2, -0.15) is 0 Å². The minimum Gasteiger partial charge on any atom is -0.370 e. The summed E-state index contributed by atoms with van der Waals surface area (Å²) in [6.07, 6.45) is 1.76. The molecule has 0 bridgehead atoms. The summed E-state index contributed by atoms with van der Waals surface area (Å²) < 4.78 is 0. The number of guanidine groups is 1. The summed E-state index contributed by atoms with van der Waals surface area (Å²) in [4.78, 5) is 8.40. The van der Waals surface area contributed by atoms with E-state index in [2.05, 4.69) is 15.3 Å². The second kappa shape index (κ2) is 4.61. The predicted molar refractivity (Wildman–Crippen MR) is 67.5 cm³/mol. The molecular formula is C12H14N4. The van der Waals surface area contributed by atoms with Gasteiger partial charge >= 0.3 is 0 Å². The van der Waals surface area contributed by atoms with Crippen LogP contribution in [0.25, 0.3) is 10.9 Å². The number of para-hydroxylation sites is 1. The number of hydrogen-bond donors (Lipinski definition) is 2. The lowest BCUT2D eigenvalue weighted by Gasteiger charge is -2.07. The number of nitrogens with one attached hydrogen (secondary N) is 1. The van der Waals surface area contributed by atoms with Gasteiger partial charge in [-0.05, 0) is 19.1 Å². The molecule has 4 heteroatoms. The van der Waals surface area contributed by atoms with Gasteiger partial charge in [0.15, 0.2) is 5.96 Å². The van der Waals surface area contributed by atoms with E-state index in [1.807, 2.05) is 37.3 Å². The Labute approximate surface area is 94.2 Å². The molecule has 0 aliphatic rings. The fourth-order valence-electron chi connectivity index (χ4n) is 1.55. The van der Waals surface area contributed by atoms with Crippen LogP contribution in [0.3, 0.4) is 0 Å². The minimum absolute atomic E-state index is 0.417. The largest absolute Gasteiger partial charge is 0.370 e. The van der Waals surface area contributed by atoms with E-state index < -0.39 is 0 Å². The number of nitrogens with two attached hydrogens (primary N) is 1. The van der Waals surface area contributed by atoms with E-state index in [9.17, 15) is 0 Å². The highest BCUT2D eigenvalue weighted by molar-refractivity contribution is 6.00. The van der Waals surface area contributed by atoms with Crippen molar-refractivity contribution in [2.24, 2.45) is 10.7 Å². The van der Waals surface area contributed by atoms with Crippen LogP contribution in [0.4, 0.5) is 5.69 Å². The molecule has 0 aliphatic heterocycles. The van der Waals surface area contributed by atoms with Crippen molar-refractivity contribution in [1.82, 2.24) is 4.98 Å². The second-order valence-corrected chi connectivity index (χ2v) is 3.37. The van der Waals surface area contributed by atoms with Gasteiger partial charge in [-0.15, -0.1) is 0 Å². The van der Waals surface area contributed by atoms with Crippen LogP contribution in [-0.2, 0) is 0 Å². The third-order valence-electron chi connectivity index (χ3n) is 2.22. The Hall–Kier alpha value is -2.10. The van der Waals surface area contributed by atoms with Crippen LogP contribution in [0.1, 0.15) is 6.92 Å². The Morgan fingerprint density at radius 1 is 1.38 bits per heavy atom. The zero-order chi connectivity index (χ0) is 11.4. The van der Waals surface area contributed by atoms with Gasteiger partial charge in [0.1, 0.15) is 0 Å². The Balaban J connectivity index is 2.41. The smallest absolute Gasteiger partial charge is 0.193 e. The number of aromatic nitrogens is 1. The molecule has 0 aliphatic carbocycles. The van der Waals surface area contributed by atoms with Crippen molar-refractivity contribution >= 4 is 22.5 Å². The molecule has 0 spiro atoms. The number of hydrogen-bond acceptors (Lipinski definition) is 2. The zero-order valence-corrected chi connectivity index (χ0v) is 9.14. The number of fused-ring (bicyclic) bond motifs is 1. The van der Waals surface area contributed by atoms with E-state index in [0.717, 1.165) is 16.6 Å². The van der Waals surface area contributed by atoms with E-state index in [4.69, 9.17) is 5.73 Å². The molecule has 0 saturated carbocycles. The predicted octanol–water partition coefficient (Wildman–Crippen LogP) is 1.98. The maximum absolute atomic E-state index is 5.72. The molecule has 82 valence electrons. The lowest BCUT2D eigenvalue weighted by molar-refractivity contribution is 1.12. The average molecular weight is 214 g/mol. The fraction of sp³-hybridized carbons (Fsp3) is 0.167. The number of anilines is 1. The van der Waals surface area contributed by atoms with E-state index in [0.29, 0.717) is 12.5 Å². The van der Waals surface area contributed by atoms with Crippen LogP contribution < -0.4 is 11.1 Å². The van der Waals surface area contributed by atoms with Crippen molar-refractivity contribution in [3.63, 3.8) is 0 Å². The van der Waals surface area contributed by atoms with Crippen LogP contribution in [0, 0.1) is 0 Å².